The van der Waals surface area contributed by atoms with Crippen LogP contribution in [0.4, 0.5) is 0 Å². The number of carbonyl (C=O) groups is 4. The molecular weight excluding hydrogens is 360 g/mol. The van der Waals surface area contributed by atoms with Crippen LogP contribution in [-0.4, -0.2) is 61.1 Å². The van der Waals surface area contributed by atoms with Gasteiger partial charge in [0, 0.05) is 4.75 Å². The van der Waals surface area contributed by atoms with E-state index in [0.29, 0.717) is 5.56 Å². The van der Waals surface area contributed by atoms with Crippen molar-refractivity contribution in [3.8, 4) is 0 Å². The highest BCUT2D eigenvalue weighted by molar-refractivity contribution is 8.01. The molecule has 2 fully saturated rings. The molecule has 0 spiro atoms. The summed E-state index contributed by atoms with van der Waals surface area (Å²) in [5.74, 6) is -5.16. The average molecular weight is 378 g/mol. The highest BCUT2D eigenvalue weighted by atomic mass is 32.2. The molecule has 2 saturated heterocycles. The third kappa shape index (κ3) is 2.82. The fraction of sp³-hybridized carbons (Fsp3) is 0.412. The lowest BCUT2D eigenvalue weighted by Crippen LogP contribution is -2.71. The monoisotopic (exact) mass is 378 g/mol. The predicted octanol–water partition coefficient (Wildman–Crippen LogP) is 0.486. The second-order valence-electron chi connectivity index (χ2n) is 6.77. The molecule has 2 heterocycles. The summed E-state index contributed by atoms with van der Waals surface area (Å²) >= 11 is 1.29. The van der Waals surface area contributed by atoms with Crippen molar-refractivity contribution < 1.29 is 29.4 Å². The zero-order valence-corrected chi connectivity index (χ0v) is 14.9. The van der Waals surface area contributed by atoms with Gasteiger partial charge in [-0.3, -0.25) is 14.4 Å². The first kappa shape index (κ1) is 18.2. The van der Waals surface area contributed by atoms with E-state index in [0.717, 1.165) is 0 Å². The van der Waals surface area contributed by atoms with Gasteiger partial charge in [-0.2, -0.15) is 0 Å². The number of amides is 2. The van der Waals surface area contributed by atoms with E-state index in [9.17, 15) is 29.4 Å². The van der Waals surface area contributed by atoms with Crippen LogP contribution in [0.5, 0.6) is 0 Å². The molecule has 2 amide bonds. The number of hydrogen-bond donors (Lipinski definition) is 3. The van der Waals surface area contributed by atoms with Crippen LogP contribution in [0.15, 0.2) is 30.3 Å². The molecule has 8 nitrogen and oxygen atoms in total. The number of carboxylic acid groups (broad SMARTS) is 2. The highest BCUT2D eigenvalue weighted by Crippen LogP contribution is 2.50. The zero-order chi connectivity index (χ0) is 19.2. The van der Waals surface area contributed by atoms with Gasteiger partial charge < -0.3 is 20.4 Å². The number of nitrogens with zero attached hydrogens (tertiary/aromatic N) is 1. The minimum atomic E-state index is -1.44. The number of carboxylic acids is 2. The van der Waals surface area contributed by atoms with Crippen molar-refractivity contribution in [3.05, 3.63) is 35.9 Å². The maximum absolute atomic E-state index is 12.5. The molecule has 9 heteroatoms. The van der Waals surface area contributed by atoms with Crippen LogP contribution in [0.2, 0.25) is 0 Å². The summed E-state index contributed by atoms with van der Waals surface area (Å²) in [5.41, 5.74) is 0.309. The van der Waals surface area contributed by atoms with E-state index in [1.54, 1.807) is 32.0 Å². The van der Waals surface area contributed by atoms with Gasteiger partial charge in [0.05, 0.1) is 0 Å². The van der Waals surface area contributed by atoms with Crippen LogP contribution in [0.3, 0.4) is 0 Å². The third-order valence-electron chi connectivity index (χ3n) is 4.61. The van der Waals surface area contributed by atoms with E-state index in [1.165, 1.54) is 28.8 Å². The van der Waals surface area contributed by atoms with Crippen LogP contribution in [0.25, 0.3) is 0 Å². The summed E-state index contributed by atoms with van der Waals surface area (Å²) in [6.07, 6.45) is 0. The second kappa shape index (κ2) is 6.31. The standard InChI is InChI=1S/C17H18N2O6S/c1-17(2)11(16(24)25)19-13(21)10(14(19)26-17)18-12(20)9(15(22)23)8-6-4-3-5-7-8/h3-7,9-11,14H,1-2H3,(H,18,20)(H,22,23)(H,24,25)/t9?,10-,11-,14-/m1/s1. The first-order valence-corrected chi connectivity index (χ1v) is 8.84. The van der Waals surface area contributed by atoms with Crippen molar-refractivity contribution >= 4 is 35.5 Å². The number of nitrogens with one attached hydrogen (secondary N) is 1. The summed E-state index contributed by atoms with van der Waals surface area (Å²) in [4.78, 5) is 49.2. The van der Waals surface area contributed by atoms with E-state index in [2.05, 4.69) is 5.32 Å². The Kier molecular flexibility index (Phi) is 4.43. The molecule has 26 heavy (non-hydrogen) atoms. The van der Waals surface area contributed by atoms with Crippen LogP contribution < -0.4 is 5.32 Å². The van der Waals surface area contributed by atoms with Crippen molar-refractivity contribution in [2.75, 3.05) is 0 Å². The zero-order valence-electron chi connectivity index (χ0n) is 14.1. The van der Waals surface area contributed by atoms with Gasteiger partial charge in [-0.05, 0) is 19.4 Å². The van der Waals surface area contributed by atoms with Crippen molar-refractivity contribution in [1.82, 2.24) is 10.2 Å². The minimum absolute atomic E-state index is 0.309. The highest BCUT2D eigenvalue weighted by Gasteiger charge is 2.64. The molecule has 2 aliphatic rings. The third-order valence-corrected chi connectivity index (χ3v) is 6.19. The Labute approximate surface area is 153 Å². The Morgan fingerprint density at radius 1 is 1.19 bits per heavy atom. The quantitative estimate of drug-likeness (QED) is 0.503. The first-order chi connectivity index (χ1) is 12.1. The van der Waals surface area contributed by atoms with Gasteiger partial charge in [-0.1, -0.05) is 30.3 Å². The molecule has 0 saturated carbocycles. The lowest BCUT2D eigenvalue weighted by molar-refractivity contribution is -0.161. The molecule has 4 atom stereocenters. The number of hydrogen-bond acceptors (Lipinski definition) is 5. The lowest BCUT2D eigenvalue weighted by Gasteiger charge is -2.43. The van der Waals surface area contributed by atoms with E-state index < -0.39 is 51.9 Å². The maximum Gasteiger partial charge on any atom is 0.327 e. The molecule has 0 radical (unpaired) electrons. The van der Waals surface area contributed by atoms with Crippen LogP contribution in [0.1, 0.15) is 25.3 Å². The molecule has 138 valence electrons. The van der Waals surface area contributed by atoms with Gasteiger partial charge >= 0.3 is 11.9 Å². The van der Waals surface area contributed by atoms with Gasteiger partial charge in [0.15, 0.2) is 5.92 Å². The van der Waals surface area contributed by atoms with Crippen LogP contribution in [-0.2, 0) is 19.2 Å². The van der Waals surface area contributed by atoms with Gasteiger partial charge in [-0.25, -0.2) is 4.79 Å². The molecule has 3 rings (SSSR count). The summed E-state index contributed by atoms with van der Waals surface area (Å²) in [5, 5.41) is 20.8. The molecular formula is C17H18N2O6S. The maximum atomic E-state index is 12.5. The van der Waals surface area contributed by atoms with E-state index in [1.807, 2.05) is 0 Å². The van der Waals surface area contributed by atoms with Crippen molar-refractivity contribution in [3.63, 3.8) is 0 Å². The molecule has 1 aromatic rings. The molecule has 0 bridgehead atoms. The number of benzene rings is 1. The molecule has 1 aromatic carbocycles. The Morgan fingerprint density at radius 2 is 1.81 bits per heavy atom. The van der Waals surface area contributed by atoms with Crippen molar-refractivity contribution in [2.24, 2.45) is 0 Å². The number of carbonyl (C=O) groups excluding carboxylic acids is 2. The Balaban J connectivity index is 1.78. The van der Waals surface area contributed by atoms with Crippen LogP contribution in [0, 0.1) is 0 Å². The van der Waals surface area contributed by atoms with Crippen molar-refractivity contribution in [1.29, 1.82) is 0 Å². The fourth-order valence-electron chi connectivity index (χ4n) is 3.43. The second-order valence-corrected chi connectivity index (χ2v) is 8.54. The van der Waals surface area contributed by atoms with Gasteiger partial charge in [0.1, 0.15) is 17.5 Å². The normalized spacial score (nSPS) is 27.2. The van der Waals surface area contributed by atoms with Gasteiger partial charge in [-0.15, -0.1) is 11.8 Å². The van der Waals surface area contributed by atoms with E-state index in [-0.39, 0.29) is 0 Å². The topological polar surface area (TPSA) is 124 Å². The SMILES string of the molecule is CC1(C)S[C@@H]2[C@H](NC(=O)C(C(=O)O)c3ccccc3)C(=O)N2[C@@H]1C(=O)O. The average Bonchev–Trinajstić information content (AvgIpc) is 2.82. The fourth-order valence-corrected chi connectivity index (χ4v) is 5.06. The smallest absolute Gasteiger partial charge is 0.327 e. The minimum Gasteiger partial charge on any atom is -0.480 e. The number of fused-ring (bicyclic) bond motifs is 1. The number of rotatable bonds is 5. The molecule has 0 aliphatic carbocycles. The largest absolute Gasteiger partial charge is 0.480 e. The van der Waals surface area contributed by atoms with Crippen molar-refractivity contribution in [2.45, 2.75) is 42.0 Å². The number of aliphatic carboxylic acids is 2. The molecule has 0 aromatic heterocycles. The van der Waals surface area contributed by atoms with E-state index >= 15 is 0 Å². The molecule has 2 aliphatic heterocycles. The number of β-lactam (4-membered cyclic amide) rings is 1. The Hall–Kier alpha value is -2.55. The summed E-state index contributed by atoms with van der Waals surface area (Å²) in [6, 6.07) is 6.10. The molecule has 3 N–H and O–H groups in total. The summed E-state index contributed by atoms with van der Waals surface area (Å²) in [7, 11) is 0. The van der Waals surface area contributed by atoms with E-state index in [4.69, 9.17) is 0 Å². The lowest BCUT2D eigenvalue weighted by atomic mass is 9.94. The van der Waals surface area contributed by atoms with Crippen LogP contribution >= 0.6 is 11.8 Å². The number of thioether (sulfide) groups is 1. The molecule has 1 unspecified atom stereocenters. The predicted molar refractivity (Wildman–Crippen MR) is 92.5 cm³/mol. The summed E-state index contributed by atoms with van der Waals surface area (Å²) < 4.78 is -0.711. The van der Waals surface area contributed by atoms with Gasteiger partial charge in [0.25, 0.3) is 0 Å². The Morgan fingerprint density at radius 3 is 2.35 bits per heavy atom. The van der Waals surface area contributed by atoms with Gasteiger partial charge in [0.2, 0.25) is 11.8 Å². The summed E-state index contributed by atoms with van der Waals surface area (Å²) in [6.45, 7) is 3.45. The Bertz CT molecular complexity index is 781. The first-order valence-electron chi connectivity index (χ1n) is 7.96.